The van der Waals surface area contributed by atoms with Crippen LogP contribution in [0.4, 0.5) is 10.4 Å². The standard InChI is InChI=1S/C18H23N3O4S.FH/c1-3-4-10-21-15-11-13(18(22)20-2)12-16(26(19,23)24)17(15)25-14-8-6-5-7-9-14;/h5-9,11-12,21H,3-4,10H2,1-2H3,(H,20,22)(H2,19,23,24);1H. The number of unbranched alkanes of at least 4 members (excludes halogenated alkanes) is 1. The number of nitrogens with one attached hydrogen (secondary N) is 2. The fourth-order valence-corrected chi connectivity index (χ4v) is 3.03. The fourth-order valence-electron chi connectivity index (χ4n) is 2.33. The van der Waals surface area contributed by atoms with Gasteiger partial charge in [-0.2, -0.15) is 0 Å². The zero-order valence-electron chi connectivity index (χ0n) is 15.2. The molecule has 0 radical (unpaired) electrons. The summed E-state index contributed by atoms with van der Waals surface area (Å²) in [6, 6.07) is 11.6. The topological polar surface area (TPSA) is 111 Å². The van der Waals surface area contributed by atoms with Gasteiger partial charge in [0.25, 0.3) is 5.91 Å². The van der Waals surface area contributed by atoms with Crippen LogP contribution >= 0.6 is 0 Å². The van der Waals surface area contributed by atoms with Gasteiger partial charge < -0.3 is 15.4 Å². The van der Waals surface area contributed by atoms with Crippen molar-refractivity contribution < 1.29 is 22.7 Å². The number of carbonyl (C=O) groups is 1. The van der Waals surface area contributed by atoms with Gasteiger partial charge >= 0.3 is 0 Å². The molecule has 0 aliphatic rings. The Hall–Kier alpha value is -2.65. The molecule has 9 heteroatoms. The second kappa shape index (κ2) is 9.89. The predicted molar refractivity (Wildman–Crippen MR) is 104 cm³/mol. The summed E-state index contributed by atoms with van der Waals surface area (Å²) in [7, 11) is -2.65. The fraction of sp³-hybridized carbons (Fsp3) is 0.278. The quantitative estimate of drug-likeness (QED) is 0.593. The van der Waals surface area contributed by atoms with Crippen LogP contribution in [0.25, 0.3) is 0 Å². The van der Waals surface area contributed by atoms with Crippen LogP contribution in [0.2, 0.25) is 0 Å². The van der Waals surface area contributed by atoms with Crippen molar-refractivity contribution in [3.05, 3.63) is 48.0 Å². The molecule has 0 aliphatic heterocycles. The molecule has 4 N–H and O–H groups in total. The number of amides is 1. The zero-order chi connectivity index (χ0) is 19.2. The molecule has 27 heavy (non-hydrogen) atoms. The van der Waals surface area contributed by atoms with Crippen molar-refractivity contribution in [1.82, 2.24) is 5.32 Å². The molecule has 148 valence electrons. The minimum atomic E-state index is -4.12. The average Bonchev–Trinajstić information content (AvgIpc) is 2.62. The number of halogens is 1. The lowest BCUT2D eigenvalue weighted by Crippen LogP contribution is -2.21. The number of carbonyl (C=O) groups excluding carboxylic acids is 1. The highest BCUT2D eigenvalue weighted by Crippen LogP contribution is 2.37. The van der Waals surface area contributed by atoms with Gasteiger partial charge in [0.15, 0.2) is 5.75 Å². The molecule has 0 fully saturated rings. The van der Waals surface area contributed by atoms with Crippen molar-refractivity contribution in [2.45, 2.75) is 24.7 Å². The first-order valence-electron chi connectivity index (χ1n) is 8.26. The Balaban J connectivity index is 0.00000364. The van der Waals surface area contributed by atoms with Crippen LogP contribution in [-0.4, -0.2) is 27.9 Å². The van der Waals surface area contributed by atoms with E-state index in [1.807, 2.05) is 13.0 Å². The molecule has 0 saturated carbocycles. The number of rotatable bonds is 8. The summed E-state index contributed by atoms with van der Waals surface area (Å²) in [6.07, 6.45) is 1.83. The summed E-state index contributed by atoms with van der Waals surface area (Å²) >= 11 is 0. The molecular weight excluding hydrogens is 373 g/mol. The third-order valence-electron chi connectivity index (χ3n) is 3.66. The summed E-state index contributed by atoms with van der Waals surface area (Å²) in [6.45, 7) is 2.64. The van der Waals surface area contributed by atoms with Gasteiger partial charge in [-0.3, -0.25) is 9.50 Å². The maximum absolute atomic E-state index is 12.1. The van der Waals surface area contributed by atoms with Crippen molar-refractivity contribution in [3.8, 4) is 11.5 Å². The van der Waals surface area contributed by atoms with Crippen LogP contribution in [0.3, 0.4) is 0 Å². The number of ether oxygens (including phenoxy) is 1. The largest absolute Gasteiger partial charge is 0.454 e. The molecule has 1 amide bonds. The first kappa shape index (κ1) is 22.4. The Labute approximate surface area is 158 Å². The van der Waals surface area contributed by atoms with E-state index >= 15 is 0 Å². The number of benzene rings is 2. The number of hydrogen-bond acceptors (Lipinski definition) is 5. The van der Waals surface area contributed by atoms with Gasteiger partial charge in [0.1, 0.15) is 10.6 Å². The molecule has 0 aliphatic carbocycles. The highest BCUT2D eigenvalue weighted by Gasteiger charge is 2.23. The minimum absolute atomic E-state index is 0. The second-order valence-corrected chi connectivity index (χ2v) is 7.20. The Morgan fingerprint density at radius 1 is 1.19 bits per heavy atom. The third kappa shape index (κ3) is 5.93. The van der Waals surface area contributed by atoms with E-state index in [0.717, 1.165) is 12.8 Å². The van der Waals surface area contributed by atoms with Crippen molar-refractivity contribution in [3.63, 3.8) is 0 Å². The lowest BCUT2D eigenvalue weighted by Gasteiger charge is -2.17. The summed E-state index contributed by atoms with van der Waals surface area (Å²) in [5.41, 5.74) is 0.573. The van der Waals surface area contributed by atoms with Crippen molar-refractivity contribution >= 4 is 21.6 Å². The van der Waals surface area contributed by atoms with Gasteiger partial charge in [-0.05, 0) is 30.7 Å². The molecule has 0 aromatic heterocycles. The predicted octanol–water partition coefficient (Wildman–Crippen LogP) is 2.85. The van der Waals surface area contributed by atoms with Gasteiger partial charge in [-0.1, -0.05) is 31.5 Å². The maximum atomic E-state index is 12.1. The molecule has 0 saturated heterocycles. The highest BCUT2D eigenvalue weighted by atomic mass is 32.2. The monoisotopic (exact) mass is 397 g/mol. The van der Waals surface area contributed by atoms with E-state index in [4.69, 9.17) is 9.88 Å². The number of nitrogens with two attached hydrogens (primary N) is 1. The molecule has 0 spiro atoms. The molecule has 0 unspecified atom stereocenters. The number of para-hydroxylation sites is 1. The SMILES string of the molecule is CCCCNc1cc(C(=O)NC)cc(S(N)(=O)=O)c1Oc1ccccc1.F. The van der Waals surface area contributed by atoms with Crippen molar-refractivity contribution in [2.75, 3.05) is 18.9 Å². The number of hydrogen-bond donors (Lipinski definition) is 3. The number of sulfonamides is 1. The molecule has 2 aromatic carbocycles. The highest BCUT2D eigenvalue weighted by molar-refractivity contribution is 7.89. The van der Waals surface area contributed by atoms with Crippen molar-refractivity contribution in [2.24, 2.45) is 5.14 Å². The Morgan fingerprint density at radius 3 is 2.41 bits per heavy atom. The summed E-state index contributed by atoms with van der Waals surface area (Å²) in [4.78, 5) is 11.8. The Kier molecular flexibility index (Phi) is 8.20. The summed E-state index contributed by atoms with van der Waals surface area (Å²) < 4.78 is 30.1. The molecule has 2 aromatic rings. The molecule has 7 nitrogen and oxygen atoms in total. The van der Waals surface area contributed by atoms with E-state index in [1.165, 1.54) is 13.1 Å². The number of primary sulfonamides is 1. The van der Waals surface area contributed by atoms with E-state index in [0.29, 0.717) is 18.0 Å². The summed E-state index contributed by atoms with van der Waals surface area (Å²) in [5.74, 6) is 0.116. The van der Waals surface area contributed by atoms with Gasteiger partial charge in [-0.25, -0.2) is 13.6 Å². The van der Waals surface area contributed by atoms with E-state index < -0.39 is 15.9 Å². The van der Waals surface area contributed by atoms with Gasteiger partial charge in [0, 0.05) is 19.2 Å². The van der Waals surface area contributed by atoms with Gasteiger partial charge in [-0.15, -0.1) is 0 Å². The van der Waals surface area contributed by atoms with Crippen LogP contribution in [-0.2, 0) is 10.0 Å². The van der Waals surface area contributed by atoms with Crippen LogP contribution in [0.15, 0.2) is 47.4 Å². The van der Waals surface area contributed by atoms with Crippen molar-refractivity contribution in [1.29, 1.82) is 0 Å². The molecule has 2 rings (SSSR count). The third-order valence-corrected chi connectivity index (χ3v) is 4.58. The Bertz CT molecular complexity index is 874. The van der Waals surface area contributed by atoms with Crippen LogP contribution in [0.5, 0.6) is 11.5 Å². The molecular formula is C18H24FN3O4S. The first-order valence-corrected chi connectivity index (χ1v) is 9.81. The van der Waals surface area contributed by atoms with E-state index in [2.05, 4.69) is 10.6 Å². The Morgan fingerprint density at radius 2 is 1.85 bits per heavy atom. The lowest BCUT2D eigenvalue weighted by molar-refractivity contribution is 0.0963. The molecule has 0 heterocycles. The maximum Gasteiger partial charge on any atom is 0.251 e. The van der Waals surface area contributed by atoms with Crippen LogP contribution in [0, 0.1) is 0 Å². The summed E-state index contributed by atoms with van der Waals surface area (Å²) in [5, 5.41) is 11.0. The minimum Gasteiger partial charge on any atom is -0.454 e. The van der Waals surface area contributed by atoms with Crippen LogP contribution < -0.4 is 20.5 Å². The first-order chi connectivity index (χ1) is 12.4. The normalized spacial score (nSPS) is 10.6. The second-order valence-electron chi connectivity index (χ2n) is 5.67. The van der Waals surface area contributed by atoms with E-state index in [9.17, 15) is 13.2 Å². The zero-order valence-corrected chi connectivity index (χ0v) is 16.0. The van der Waals surface area contributed by atoms with E-state index in [-0.39, 0.29) is 20.9 Å². The molecule has 0 bridgehead atoms. The number of anilines is 1. The van der Waals surface area contributed by atoms with Gasteiger partial charge in [0.2, 0.25) is 10.0 Å². The van der Waals surface area contributed by atoms with Crippen LogP contribution in [0.1, 0.15) is 30.1 Å². The lowest BCUT2D eigenvalue weighted by atomic mass is 10.1. The smallest absolute Gasteiger partial charge is 0.251 e. The average molecular weight is 397 g/mol. The molecule has 0 atom stereocenters. The van der Waals surface area contributed by atoms with E-state index in [1.54, 1.807) is 30.3 Å². The van der Waals surface area contributed by atoms with Gasteiger partial charge in [0.05, 0.1) is 5.69 Å².